The molecule has 3 rings (SSSR count). The number of hydrogen-bond acceptors (Lipinski definition) is 4. The van der Waals surface area contributed by atoms with E-state index in [1.165, 1.54) is 18.5 Å². The molecule has 1 aromatic heterocycles. The summed E-state index contributed by atoms with van der Waals surface area (Å²) in [5.74, 6) is -1.64. The summed E-state index contributed by atoms with van der Waals surface area (Å²) in [4.78, 5) is 40.3. The molecule has 7 nitrogen and oxygen atoms in total. The van der Waals surface area contributed by atoms with Gasteiger partial charge in [-0.25, -0.2) is 9.37 Å². The number of benzene rings is 2. The molecule has 0 aliphatic rings. The topological polar surface area (TPSA) is 93.1 Å². The van der Waals surface area contributed by atoms with E-state index in [1.807, 2.05) is 0 Å². The summed E-state index contributed by atoms with van der Waals surface area (Å²) >= 11 is 5.64. The number of nitrogens with zero attached hydrogens (tertiary/aromatic N) is 2. The van der Waals surface area contributed by atoms with E-state index >= 15 is 0 Å². The number of para-hydroxylation sites is 1. The van der Waals surface area contributed by atoms with E-state index in [-0.39, 0.29) is 23.7 Å². The minimum Gasteiger partial charge on any atom is -0.345 e. The standard InChI is InChI=1S/C18H14ClFN4O3/c19-13-7-11(5-6-14(13)20)23-16(25)8-21-17(26)9-24-10-22-15-4-2-1-3-12(15)18(24)27/h1-7,10H,8-9H2,(H,21,26)(H,23,25). The molecule has 0 unspecified atom stereocenters. The van der Waals surface area contributed by atoms with E-state index in [9.17, 15) is 18.8 Å². The van der Waals surface area contributed by atoms with Crippen molar-refractivity contribution in [2.24, 2.45) is 0 Å². The molecule has 2 aromatic carbocycles. The van der Waals surface area contributed by atoms with Crippen LogP contribution in [0.15, 0.2) is 53.6 Å². The molecule has 0 spiro atoms. The number of hydrogen-bond donors (Lipinski definition) is 2. The minimum atomic E-state index is -0.600. The summed E-state index contributed by atoms with van der Waals surface area (Å²) in [6, 6.07) is 10.5. The van der Waals surface area contributed by atoms with Gasteiger partial charge in [-0.15, -0.1) is 0 Å². The van der Waals surface area contributed by atoms with Gasteiger partial charge in [0.05, 0.1) is 28.8 Å². The highest BCUT2D eigenvalue weighted by atomic mass is 35.5. The van der Waals surface area contributed by atoms with Crippen molar-refractivity contribution in [1.82, 2.24) is 14.9 Å². The lowest BCUT2D eigenvalue weighted by atomic mass is 10.2. The number of aromatic nitrogens is 2. The highest BCUT2D eigenvalue weighted by molar-refractivity contribution is 6.31. The molecule has 0 bridgehead atoms. The van der Waals surface area contributed by atoms with Crippen LogP contribution in [0.25, 0.3) is 10.9 Å². The predicted molar refractivity (Wildman–Crippen MR) is 99.1 cm³/mol. The van der Waals surface area contributed by atoms with Gasteiger partial charge in [0, 0.05) is 5.69 Å². The molecule has 9 heteroatoms. The fourth-order valence-corrected chi connectivity index (χ4v) is 2.57. The predicted octanol–water partition coefficient (Wildman–Crippen LogP) is 1.94. The van der Waals surface area contributed by atoms with Gasteiger partial charge in [-0.3, -0.25) is 19.0 Å². The van der Waals surface area contributed by atoms with E-state index in [2.05, 4.69) is 15.6 Å². The molecular formula is C18H14ClFN4O3. The number of rotatable bonds is 5. The maximum absolute atomic E-state index is 13.1. The second kappa shape index (κ2) is 7.96. The number of nitrogens with one attached hydrogen (secondary N) is 2. The molecule has 27 heavy (non-hydrogen) atoms. The lowest BCUT2D eigenvalue weighted by Gasteiger charge is -2.09. The number of carbonyl (C=O) groups is 2. The van der Waals surface area contributed by atoms with Crippen molar-refractivity contribution in [3.63, 3.8) is 0 Å². The van der Waals surface area contributed by atoms with Gasteiger partial charge < -0.3 is 10.6 Å². The summed E-state index contributed by atoms with van der Waals surface area (Å²) in [5.41, 5.74) is 0.494. The van der Waals surface area contributed by atoms with Crippen molar-refractivity contribution in [2.45, 2.75) is 6.54 Å². The molecule has 2 N–H and O–H groups in total. The highest BCUT2D eigenvalue weighted by Gasteiger charge is 2.10. The summed E-state index contributed by atoms with van der Waals surface area (Å²) < 4.78 is 14.3. The van der Waals surface area contributed by atoms with Crippen LogP contribution >= 0.6 is 11.6 Å². The van der Waals surface area contributed by atoms with Crippen molar-refractivity contribution in [1.29, 1.82) is 0 Å². The summed E-state index contributed by atoms with van der Waals surface area (Å²) in [5, 5.41) is 5.16. The Kier molecular flexibility index (Phi) is 5.46. The molecule has 138 valence electrons. The average Bonchev–Trinajstić information content (AvgIpc) is 2.65. The first-order valence-corrected chi connectivity index (χ1v) is 8.27. The molecule has 0 aliphatic carbocycles. The quantitative estimate of drug-likeness (QED) is 0.698. The Balaban J connectivity index is 1.58. The van der Waals surface area contributed by atoms with Gasteiger partial charge >= 0.3 is 0 Å². The zero-order valence-electron chi connectivity index (χ0n) is 13.9. The SMILES string of the molecule is O=C(Cn1cnc2ccccc2c1=O)NCC(=O)Nc1ccc(F)c(Cl)c1. The molecule has 0 radical (unpaired) electrons. The fourth-order valence-electron chi connectivity index (χ4n) is 2.39. The monoisotopic (exact) mass is 388 g/mol. The molecule has 2 amide bonds. The first-order valence-electron chi connectivity index (χ1n) is 7.90. The van der Waals surface area contributed by atoms with Crippen LogP contribution in [-0.2, 0) is 16.1 Å². The average molecular weight is 389 g/mol. The van der Waals surface area contributed by atoms with E-state index in [4.69, 9.17) is 11.6 Å². The molecule has 0 aliphatic heterocycles. The van der Waals surface area contributed by atoms with E-state index in [0.717, 1.165) is 10.6 Å². The molecule has 1 heterocycles. The Morgan fingerprint density at radius 3 is 2.70 bits per heavy atom. The van der Waals surface area contributed by atoms with Crippen LogP contribution in [0.3, 0.4) is 0 Å². The Hall–Kier alpha value is -3.26. The van der Waals surface area contributed by atoms with Gasteiger partial charge in [-0.1, -0.05) is 23.7 Å². The van der Waals surface area contributed by atoms with Gasteiger partial charge in [0.15, 0.2) is 0 Å². The third-order valence-electron chi connectivity index (χ3n) is 3.69. The largest absolute Gasteiger partial charge is 0.345 e. The smallest absolute Gasteiger partial charge is 0.261 e. The highest BCUT2D eigenvalue weighted by Crippen LogP contribution is 2.19. The van der Waals surface area contributed by atoms with Gasteiger partial charge in [-0.05, 0) is 30.3 Å². The zero-order valence-corrected chi connectivity index (χ0v) is 14.7. The van der Waals surface area contributed by atoms with Crippen molar-refractivity contribution in [2.75, 3.05) is 11.9 Å². The molecule has 0 saturated heterocycles. The Bertz CT molecular complexity index is 1080. The van der Waals surface area contributed by atoms with Crippen LogP contribution in [0, 0.1) is 5.82 Å². The van der Waals surface area contributed by atoms with Crippen LogP contribution in [0.1, 0.15) is 0 Å². The number of amides is 2. The van der Waals surface area contributed by atoms with Crippen molar-refractivity contribution < 1.29 is 14.0 Å². The first-order chi connectivity index (χ1) is 12.9. The molecular weight excluding hydrogens is 375 g/mol. The molecule has 3 aromatic rings. The van der Waals surface area contributed by atoms with Crippen molar-refractivity contribution >= 4 is 40.0 Å². The normalized spacial score (nSPS) is 10.6. The van der Waals surface area contributed by atoms with E-state index in [0.29, 0.717) is 16.6 Å². The van der Waals surface area contributed by atoms with Gasteiger partial charge in [0.25, 0.3) is 5.56 Å². The fraction of sp³-hybridized carbons (Fsp3) is 0.111. The summed E-state index contributed by atoms with van der Waals surface area (Å²) in [6.07, 6.45) is 1.28. The summed E-state index contributed by atoms with van der Waals surface area (Å²) in [6.45, 7) is -0.587. The van der Waals surface area contributed by atoms with Crippen LogP contribution < -0.4 is 16.2 Å². The Morgan fingerprint density at radius 1 is 1.15 bits per heavy atom. The number of anilines is 1. The summed E-state index contributed by atoms with van der Waals surface area (Å²) in [7, 11) is 0. The lowest BCUT2D eigenvalue weighted by Crippen LogP contribution is -2.37. The van der Waals surface area contributed by atoms with Crippen LogP contribution in [0.5, 0.6) is 0 Å². The molecule has 0 saturated carbocycles. The minimum absolute atomic E-state index is 0.125. The third-order valence-corrected chi connectivity index (χ3v) is 3.98. The third kappa shape index (κ3) is 4.48. The molecule has 0 fully saturated rings. The number of fused-ring (bicyclic) bond motifs is 1. The van der Waals surface area contributed by atoms with Crippen molar-refractivity contribution in [3.8, 4) is 0 Å². The Morgan fingerprint density at radius 2 is 1.93 bits per heavy atom. The van der Waals surface area contributed by atoms with Crippen molar-refractivity contribution in [3.05, 3.63) is 70.0 Å². The Labute approximate surface area is 157 Å². The first kappa shape index (κ1) is 18.5. The van der Waals surface area contributed by atoms with Gasteiger partial charge in [0.1, 0.15) is 12.4 Å². The number of carbonyl (C=O) groups excluding carboxylic acids is 2. The van der Waals surface area contributed by atoms with Crippen LogP contribution in [0.4, 0.5) is 10.1 Å². The maximum atomic E-state index is 13.1. The van der Waals surface area contributed by atoms with E-state index in [1.54, 1.807) is 24.3 Å². The zero-order chi connectivity index (χ0) is 19.4. The maximum Gasteiger partial charge on any atom is 0.261 e. The molecule has 0 atom stereocenters. The second-order valence-corrected chi connectivity index (χ2v) is 6.06. The van der Waals surface area contributed by atoms with E-state index < -0.39 is 17.6 Å². The van der Waals surface area contributed by atoms with Gasteiger partial charge in [0.2, 0.25) is 11.8 Å². The second-order valence-electron chi connectivity index (χ2n) is 5.65. The van der Waals surface area contributed by atoms with Crippen LogP contribution in [0.2, 0.25) is 5.02 Å². The van der Waals surface area contributed by atoms with Crippen LogP contribution in [-0.4, -0.2) is 27.9 Å². The lowest BCUT2D eigenvalue weighted by molar-refractivity contribution is -0.124. The van der Waals surface area contributed by atoms with Gasteiger partial charge in [-0.2, -0.15) is 0 Å². The number of halogens is 2.